The van der Waals surface area contributed by atoms with Crippen molar-refractivity contribution in [2.75, 3.05) is 31.3 Å². The molecule has 1 saturated carbocycles. The lowest BCUT2D eigenvalue weighted by molar-refractivity contribution is -0.130. The Morgan fingerprint density at radius 1 is 1.27 bits per heavy atom. The lowest BCUT2D eigenvalue weighted by atomic mass is 9.90. The molecule has 8 heteroatoms. The first-order chi connectivity index (χ1) is 14.5. The van der Waals surface area contributed by atoms with E-state index in [9.17, 15) is 9.59 Å². The maximum Gasteiger partial charge on any atom is 0.232 e. The quantitative estimate of drug-likeness (QED) is 0.677. The molecule has 2 aromatic rings. The molecule has 2 amide bonds. The summed E-state index contributed by atoms with van der Waals surface area (Å²) in [5.41, 5.74) is 0.712. The Bertz CT molecular complexity index is 932. The number of piperidine rings is 1. The number of nitrogens with one attached hydrogen (secondary N) is 1. The van der Waals surface area contributed by atoms with Crippen molar-refractivity contribution in [3.8, 4) is 5.75 Å². The van der Waals surface area contributed by atoms with E-state index in [1.54, 1.807) is 37.7 Å². The van der Waals surface area contributed by atoms with Gasteiger partial charge in [0.2, 0.25) is 11.8 Å². The minimum Gasteiger partial charge on any atom is -0.495 e. The number of methoxy groups -OCH3 is 1. The summed E-state index contributed by atoms with van der Waals surface area (Å²) in [5, 5.41) is 3.44. The lowest BCUT2D eigenvalue weighted by Crippen LogP contribution is -2.41. The van der Waals surface area contributed by atoms with Crippen LogP contribution < -0.4 is 10.1 Å². The fourth-order valence-corrected chi connectivity index (χ4v) is 5.16. The molecule has 2 fully saturated rings. The van der Waals surface area contributed by atoms with E-state index in [1.165, 1.54) is 11.8 Å². The Morgan fingerprint density at radius 3 is 2.67 bits per heavy atom. The third-order valence-electron chi connectivity index (χ3n) is 6.05. The molecule has 1 aliphatic heterocycles. The number of likely N-dealkylation sites (tertiary alicyclic amines) is 1. The number of halogens is 1. The number of amides is 2. The van der Waals surface area contributed by atoms with Gasteiger partial charge in [0.25, 0.3) is 0 Å². The Kier molecular flexibility index (Phi) is 6.20. The molecule has 1 N–H and O–H groups in total. The molecular formula is C22H24ClN3O3S. The summed E-state index contributed by atoms with van der Waals surface area (Å²) in [6, 6.07) is 9.06. The molecule has 1 saturated heterocycles. The normalized spacial score (nSPS) is 19.4. The molecule has 1 atom stereocenters. The first-order valence-corrected chi connectivity index (χ1v) is 11.3. The molecule has 2 heterocycles. The molecule has 1 aromatic heterocycles. The maximum atomic E-state index is 12.7. The van der Waals surface area contributed by atoms with Gasteiger partial charge in [-0.15, -0.1) is 11.8 Å². The van der Waals surface area contributed by atoms with Crippen LogP contribution in [0, 0.1) is 11.3 Å². The van der Waals surface area contributed by atoms with E-state index in [-0.39, 0.29) is 23.1 Å². The van der Waals surface area contributed by atoms with Crippen molar-refractivity contribution in [2.24, 2.45) is 11.3 Å². The predicted octanol–water partition coefficient (Wildman–Crippen LogP) is 4.10. The van der Waals surface area contributed by atoms with Crippen molar-refractivity contribution < 1.29 is 14.3 Å². The highest BCUT2D eigenvalue weighted by molar-refractivity contribution is 8.00. The number of anilines is 1. The Balaban J connectivity index is 1.25. The fourth-order valence-electron chi connectivity index (χ4n) is 4.12. The Labute approximate surface area is 185 Å². The molecule has 6 nitrogen and oxygen atoms in total. The van der Waals surface area contributed by atoms with Crippen LogP contribution in [-0.4, -0.2) is 47.7 Å². The number of hydrogen-bond acceptors (Lipinski definition) is 5. The second-order valence-corrected chi connectivity index (χ2v) is 9.27. The molecule has 2 aliphatic rings. The van der Waals surface area contributed by atoms with Crippen molar-refractivity contribution in [3.63, 3.8) is 0 Å². The molecule has 1 spiro atoms. The van der Waals surface area contributed by atoms with Gasteiger partial charge < -0.3 is 15.0 Å². The lowest BCUT2D eigenvalue weighted by Gasteiger charge is -2.32. The monoisotopic (exact) mass is 445 g/mol. The summed E-state index contributed by atoms with van der Waals surface area (Å²) < 4.78 is 5.15. The third kappa shape index (κ3) is 4.57. The number of ether oxygens (including phenoxy) is 1. The predicted molar refractivity (Wildman–Crippen MR) is 118 cm³/mol. The van der Waals surface area contributed by atoms with Crippen LogP contribution in [0.1, 0.15) is 19.3 Å². The number of benzene rings is 1. The van der Waals surface area contributed by atoms with Crippen LogP contribution in [0.15, 0.2) is 47.6 Å². The van der Waals surface area contributed by atoms with E-state index in [0.29, 0.717) is 35.3 Å². The molecule has 0 radical (unpaired) electrons. The zero-order chi connectivity index (χ0) is 21.1. The zero-order valence-corrected chi connectivity index (χ0v) is 18.3. The van der Waals surface area contributed by atoms with Gasteiger partial charge in [-0.25, -0.2) is 0 Å². The molecule has 1 aliphatic carbocycles. The van der Waals surface area contributed by atoms with Crippen LogP contribution in [0.5, 0.6) is 5.75 Å². The van der Waals surface area contributed by atoms with Gasteiger partial charge in [0.05, 0.1) is 17.9 Å². The summed E-state index contributed by atoms with van der Waals surface area (Å²) in [6.45, 7) is 1.43. The number of pyridine rings is 1. The van der Waals surface area contributed by atoms with Crippen molar-refractivity contribution in [2.45, 2.75) is 24.2 Å². The summed E-state index contributed by atoms with van der Waals surface area (Å²) in [7, 11) is 1.56. The molecule has 0 bridgehead atoms. The van der Waals surface area contributed by atoms with Crippen LogP contribution in [0.3, 0.4) is 0 Å². The first-order valence-electron chi connectivity index (χ1n) is 9.96. The topological polar surface area (TPSA) is 71.5 Å². The number of carbonyl (C=O) groups excluding carboxylic acids is 2. The number of hydrogen-bond donors (Lipinski definition) is 1. The van der Waals surface area contributed by atoms with Gasteiger partial charge in [0.15, 0.2) is 0 Å². The number of aromatic nitrogens is 1. The Morgan fingerprint density at radius 2 is 2.00 bits per heavy atom. The standard InChI is InChI=1S/C22H24ClN3O3S/c1-29-19-3-2-15(12-18(19)23)25-21(28)17-13-22(17)6-10-26(11-7-22)20(27)14-30-16-4-8-24-9-5-16/h2-5,8-9,12,17H,6-7,10-11,13-14H2,1H3,(H,25,28)/t17-/m0/s1. The summed E-state index contributed by atoms with van der Waals surface area (Å²) in [4.78, 5) is 32.2. The van der Waals surface area contributed by atoms with Crippen LogP contribution in [-0.2, 0) is 9.59 Å². The van der Waals surface area contributed by atoms with Crippen molar-refractivity contribution in [3.05, 3.63) is 47.7 Å². The van der Waals surface area contributed by atoms with Crippen molar-refractivity contribution in [1.82, 2.24) is 9.88 Å². The average Bonchev–Trinajstić information content (AvgIpc) is 3.47. The SMILES string of the molecule is COc1ccc(NC(=O)[C@@H]2CC23CCN(C(=O)CSc2ccncc2)CC3)cc1Cl. The largest absolute Gasteiger partial charge is 0.495 e. The molecule has 0 unspecified atom stereocenters. The average molecular weight is 446 g/mol. The highest BCUT2D eigenvalue weighted by atomic mass is 35.5. The van der Waals surface area contributed by atoms with Gasteiger partial charge in [-0.3, -0.25) is 14.6 Å². The second kappa shape index (κ2) is 8.86. The number of nitrogens with zero attached hydrogens (tertiary/aromatic N) is 2. The minimum atomic E-state index is 0.00169. The van der Waals surface area contributed by atoms with E-state index in [4.69, 9.17) is 16.3 Å². The minimum absolute atomic E-state index is 0.00169. The molecule has 30 heavy (non-hydrogen) atoms. The van der Waals surface area contributed by atoms with Gasteiger partial charge in [-0.05, 0) is 55.0 Å². The zero-order valence-electron chi connectivity index (χ0n) is 16.8. The van der Waals surface area contributed by atoms with Gasteiger partial charge in [-0.1, -0.05) is 11.6 Å². The highest BCUT2D eigenvalue weighted by Crippen LogP contribution is 2.59. The van der Waals surface area contributed by atoms with Crippen LogP contribution in [0.25, 0.3) is 0 Å². The van der Waals surface area contributed by atoms with Crippen molar-refractivity contribution >= 4 is 40.9 Å². The van der Waals surface area contributed by atoms with Gasteiger partial charge >= 0.3 is 0 Å². The Hall–Kier alpha value is -2.25. The van der Waals surface area contributed by atoms with Gasteiger partial charge in [-0.2, -0.15) is 0 Å². The van der Waals surface area contributed by atoms with E-state index >= 15 is 0 Å². The van der Waals surface area contributed by atoms with Gasteiger partial charge in [0, 0.05) is 42.0 Å². The summed E-state index contributed by atoms with van der Waals surface area (Å²) >= 11 is 7.68. The molecular weight excluding hydrogens is 422 g/mol. The van der Waals surface area contributed by atoms with Crippen LogP contribution >= 0.6 is 23.4 Å². The third-order valence-corrected chi connectivity index (χ3v) is 7.34. The van der Waals surface area contributed by atoms with Gasteiger partial charge in [0.1, 0.15) is 5.75 Å². The fraction of sp³-hybridized carbons (Fsp3) is 0.409. The smallest absolute Gasteiger partial charge is 0.232 e. The summed E-state index contributed by atoms with van der Waals surface area (Å²) in [6.07, 6.45) is 6.10. The molecule has 158 valence electrons. The van der Waals surface area contributed by atoms with E-state index in [2.05, 4.69) is 10.3 Å². The first kappa shape index (κ1) is 21.0. The van der Waals surface area contributed by atoms with Crippen LogP contribution in [0.2, 0.25) is 5.02 Å². The number of carbonyl (C=O) groups is 2. The molecule has 4 rings (SSSR count). The van der Waals surface area contributed by atoms with Crippen LogP contribution in [0.4, 0.5) is 5.69 Å². The second-order valence-electron chi connectivity index (χ2n) is 7.81. The van der Waals surface area contributed by atoms with E-state index in [0.717, 1.165) is 24.2 Å². The maximum absolute atomic E-state index is 12.7. The number of thioether (sulfide) groups is 1. The van der Waals surface area contributed by atoms with E-state index < -0.39 is 0 Å². The summed E-state index contributed by atoms with van der Waals surface area (Å²) in [5.74, 6) is 1.20. The highest BCUT2D eigenvalue weighted by Gasteiger charge is 2.58. The van der Waals surface area contributed by atoms with E-state index in [1.807, 2.05) is 17.0 Å². The molecule has 1 aromatic carbocycles. The van der Waals surface area contributed by atoms with Crippen molar-refractivity contribution in [1.29, 1.82) is 0 Å². The number of rotatable bonds is 6.